The SMILES string of the molecule is Cc1ccc(-c2cncc(-c3ccnc4c3NCCN4)c2)c(Cl)c1. The zero-order valence-electron chi connectivity index (χ0n) is 13.3. The van der Waals surface area contributed by atoms with Gasteiger partial charge in [0.05, 0.1) is 5.69 Å². The van der Waals surface area contributed by atoms with Crippen molar-refractivity contribution in [3.05, 3.63) is 59.5 Å². The summed E-state index contributed by atoms with van der Waals surface area (Å²) in [5.74, 6) is 0.887. The Morgan fingerprint density at radius 2 is 1.75 bits per heavy atom. The van der Waals surface area contributed by atoms with Crippen LogP contribution in [-0.2, 0) is 0 Å². The minimum absolute atomic E-state index is 0.741. The minimum Gasteiger partial charge on any atom is -0.380 e. The lowest BCUT2D eigenvalue weighted by Gasteiger charge is -2.21. The molecule has 0 spiro atoms. The van der Waals surface area contributed by atoms with Crippen LogP contribution in [0, 0.1) is 6.92 Å². The summed E-state index contributed by atoms with van der Waals surface area (Å²) in [6.45, 7) is 3.79. The molecular formula is C19H17ClN4. The lowest BCUT2D eigenvalue weighted by atomic mass is 10.0. The van der Waals surface area contributed by atoms with Gasteiger partial charge in [0.2, 0.25) is 0 Å². The topological polar surface area (TPSA) is 49.8 Å². The second-order valence-electron chi connectivity index (χ2n) is 5.88. The van der Waals surface area contributed by atoms with Crippen LogP contribution in [-0.4, -0.2) is 23.1 Å². The first-order valence-electron chi connectivity index (χ1n) is 7.91. The highest BCUT2D eigenvalue weighted by atomic mass is 35.5. The maximum absolute atomic E-state index is 6.42. The maximum atomic E-state index is 6.42. The summed E-state index contributed by atoms with van der Waals surface area (Å²) < 4.78 is 0. The fourth-order valence-electron chi connectivity index (χ4n) is 2.97. The molecule has 1 aromatic carbocycles. The van der Waals surface area contributed by atoms with Gasteiger partial charge in [-0.15, -0.1) is 0 Å². The second-order valence-corrected chi connectivity index (χ2v) is 6.29. The number of aryl methyl sites for hydroxylation is 1. The summed E-state index contributed by atoms with van der Waals surface area (Å²) in [7, 11) is 0. The van der Waals surface area contributed by atoms with Gasteiger partial charge in [0.1, 0.15) is 5.82 Å². The van der Waals surface area contributed by atoms with E-state index in [1.54, 1.807) is 0 Å². The lowest BCUT2D eigenvalue weighted by molar-refractivity contribution is 1.02. The van der Waals surface area contributed by atoms with E-state index in [-0.39, 0.29) is 0 Å². The normalized spacial score (nSPS) is 12.9. The first-order chi connectivity index (χ1) is 11.7. The van der Waals surface area contributed by atoms with E-state index in [0.29, 0.717) is 0 Å². The third kappa shape index (κ3) is 2.69. The van der Waals surface area contributed by atoms with Gasteiger partial charge in [-0.05, 0) is 30.7 Å². The summed E-state index contributed by atoms with van der Waals surface area (Å²) in [5.41, 5.74) is 6.30. The van der Waals surface area contributed by atoms with Crippen molar-refractivity contribution in [1.29, 1.82) is 0 Å². The predicted octanol–water partition coefficient (Wildman–Crippen LogP) is 4.61. The van der Waals surface area contributed by atoms with Crippen molar-refractivity contribution in [1.82, 2.24) is 9.97 Å². The molecule has 5 heteroatoms. The van der Waals surface area contributed by atoms with Gasteiger partial charge in [-0.3, -0.25) is 4.98 Å². The Labute approximate surface area is 145 Å². The first-order valence-corrected chi connectivity index (χ1v) is 8.29. The molecule has 120 valence electrons. The summed E-state index contributed by atoms with van der Waals surface area (Å²) in [6.07, 6.45) is 5.54. The standard InChI is InChI=1S/C19H17ClN4/c1-12-2-3-15(17(20)8-12)13-9-14(11-21-10-13)16-4-5-23-19-18(16)22-6-7-24-19/h2-5,8-11,22H,6-7H2,1H3,(H,23,24). The van der Waals surface area contributed by atoms with E-state index in [9.17, 15) is 0 Å². The summed E-state index contributed by atoms with van der Waals surface area (Å²) in [6, 6.07) is 10.2. The molecule has 4 rings (SSSR count). The van der Waals surface area contributed by atoms with Crippen LogP contribution in [0.25, 0.3) is 22.3 Å². The molecule has 0 saturated carbocycles. The van der Waals surface area contributed by atoms with E-state index in [4.69, 9.17) is 11.6 Å². The number of halogens is 1. The summed E-state index contributed by atoms with van der Waals surface area (Å²) in [5, 5.41) is 7.49. The number of fused-ring (bicyclic) bond motifs is 1. The van der Waals surface area contributed by atoms with E-state index < -0.39 is 0 Å². The van der Waals surface area contributed by atoms with Crippen molar-refractivity contribution in [3.8, 4) is 22.3 Å². The van der Waals surface area contributed by atoms with Gasteiger partial charge in [-0.1, -0.05) is 23.7 Å². The second kappa shape index (κ2) is 6.13. The third-order valence-corrected chi connectivity index (χ3v) is 4.47. The summed E-state index contributed by atoms with van der Waals surface area (Å²) >= 11 is 6.42. The Balaban J connectivity index is 1.81. The number of pyridine rings is 2. The number of anilines is 2. The van der Waals surface area contributed by atoms with E-state index in [2.05, 4.69) is 32.7 Å². The number of nitrogens with one attached hydrogen (secondary N) is 2. The minimum atomic E-state index is 0.741. The van der Waals surface area contributed by atoms with Crippen LogP contribution in [0.5, 0.6) is 0 Å². The number of hydrogen-bond acceptors (Lipinski definition) is 4. The fourth-order valence-corrected chi connectivity index (χ4v) is 3.32. The van der Waals surface area contributed by atoms with Crippen LogP contribution in [0.2, 0.25) is 5.02 Å². The molecule has 1 aliphatic heterocycles. The molecule has 0 atom stereocenters. The van der Waals surface area contributed by atoms with Crippen molar-refractivity contribution in [2.45, 2.75) is 6.92 Å². The van der Waals surface area contributed by atoms with Crippen molar-refractivity contribution >= 4 is 23.1 Å². The summed E-state index contributed by atoms with van der Waals surface area (Å²) in [4.78, 5) is 8.82. The molecule has 0 bridgehead atoms. The van der Waals surface area contributed by atoms with Crippen LogP contribution in [0.15, 0.2) is 48.9 Å². The first kappa shape index (κ1) is 15.0. The monoisotopic (exact) mass is 336 g/mol. The van der Waals surface area contributed by atoms with Gasteiger partial charge in [-0.25, -0.2) is 4.98 Å². The van der Waals surface area contributed by atoms with Crippen LogP contribution >= 0.6 is 11.6 Å². The smallest absolute Gasteiger partial charge is 0.150 e. The average Bonchev–Trinajstić information content (AvgIpc) is 2.61. The van der Waals surface area contributed by atoms with Crippen molar-refractivity contribution in [2.75, 3.05) is 23.7 Å². The quantitative estimate of drug-likeness (QED) is 0.717. The van der Waals surface area contributed by atoms with Crippen LogP contribution in [0.1, 0.15) is 5.56 Å². The van der Waals surface area contributed by atoms with Gasteiger partial charge in [0, 0.05) is 59.0 Å². The van der Waals surface area contributed by atoms with E-state index >= 15 is 0 Å². The highest BCUT2D eigenvalue weighted by Gasteiger charge is 2.15. The average molecular weight is 337 g/mol. The highest BCUT2D eigenvalue weighted by molar-refractivity contribution is 6.33. The van der Waals surface area contributed by atoms with Gasteiger partial charge in [0.25, 0.3) is 0 Å². The predicted molar refractivity (Wildman–Crippen MR) is 99.6 cm³/mol. The number of aromatic nitrogens is 2. The largest absolute Gasteiger partial charge is 0.380 e. The van der Waals surface area contributed by atoms with Gasteiger partial charge < -0.3 is 10.6 Å². The zero-order chi connectivity index (χ0) is 16.5. The van der Waals surface area contributed by atoms with Crippen molar-refractivity contribution < 1.29 is 0 Å². The third-order valence-electron chi connectivity index (χ3n) is 4.16. The molecule has 0 radical (unpaired) electrons. The maximum Gasteiger partial charge on any atom is 0.150 e. The van der Waals surface area contributed by atoms with Crippen LogP contribution in [0.3, 0.4) is 0 Å². The fraction of sp³-hybridized carbons (Fsp3) is 0.158. The molecular weight excluding hydrogens is 320 g/mol. The van der Waals surface area contributed by atoms with E-state index in [1.807, 2.05) is 43.7 Å². The number of nitrogens with zero attached hydrogens (tertiary/aromatic N) is 2. The Kier molecular flexibility index (Phi) is 3.82. The number of hydrogen-bond donors (Lipinski definition) is 2. The molecule has 1 aliphatic rings. The Morgan fingerprint density at radius 3 is 2.58 bits per heavy atom. The molecule has 0 amide bonds. The molecule has 2 aromatic heterocycles. The Bertz CT molecular complexity index is 908. The highest BCUT2D eigenvalue weighted by Crippen LogP contribution is 2.36. The van der Waals surface area contributed by atoms with Crippen molar-refractivity contribution in [2.24, 2.45) is 0 Å². The van der Waals surface area contributed by atoms with Gasteiger partial charge in [0.15, 0.2) is 0 Å². The molecule has 4 nitrogen and oxygen atoms in total. The lowest BCUT2D eigenvalue weighted by Crippen LogP contribution is -2.21. The molecule has 2 N–H and O–H groups in total. The van der Waals surface area contributed by atoms with Gasteiger partial charge in [-0.2, -0.15) is 0 Å². The van der Waals surface area contributed by atoms with Crippen LogP contribution < -0.4 is 10.6 Å². The molecule has 3 heterocycles. The Hall–Kier alpha value is -2.59. The van der Waals surface area contributed by atoms with Gasteiger partial charge >= 0.3 is 0 Å². The van der Waals surface area contributed by atoms with E-state index in [1.165, 1.54) is 0 Å². The van der Waals surface area contributed by atoms with Crippen LogP contribution in [0.4, 0.5) is 11.5 Å². The molecule has 24 heavy (non-hydrogen) atoms. The molecule has 0 aliphatic carbocycles. The molecule has 0 fully saturated rings. The molecule has 0 unspecified atom stereocenters. The molecule has 0 saturated heterocycles. The number of benzene rings is 1. The van der Waals surface area contributed by atoms with Crippen molar-refractivity contribution in [3.63, 3.8) is 0 Å². The Morgan fingerprint density at radius 1 is 0.958 bits per heavy atom. The van der Waals surface area contributed by atoms with E-state index in [0.717, 1.165) is 57.4 Å². The zero-order valence-corrected chi connectivity index (χ0v) is 14.1. The molecule has 3 aromatic rings. The number of rotatable bonds is 2.